The van der Waals surface area contributed by atoms with Crippen LogP contribution in [-0.4, -0.2) is 25.7 Å². The van der Waals surface area contributed by atoms with Crippen molar-refractivity contribution in [1.82, 2.24) is 19.7 Å². The van der Waals surface area contributed by atoms with Crippen molar-refractivity contribution < 1.29 is 4.79 Å². The molecule has 0 aliphatic rings. The molecule has 0 saturated heterocycles. The normalized spacial score (nSPS) is 10.6. The van der Waals surface area contributed by atoms with Gasteiger partial charge in [0.1, 0.15) is 11.5 Å². The van der Waals surface area contributed by atoms with E-state index in [1.807, 2.05) is 11.5 Å². The van der Waals surface area contributed by atoms with Crippen LogP contribution in [0.3, 0.4) is 0 Å². The standard InChI is InChI=1S/C11H14ClN5O/c1-3-4-17-6-8(12)5-9(17)10(18)14-11-13-7(2)15-16-11/h5-6H,3-4H2,1-2H3,(H2,13,14,15,16,18). The van der Waals surface area contributed by atoms with E-state index in [4.69, 9.17) is 11.6 Å². The van der Waals surface area contributed by atoms with Crippen LogP contribution in [0.25, 0.3) is 0 Å². The zero-order chi connectivity index (χ0) is 13.1. The molecule has 0 unspecified atom stereocenters. The van der Waals surface area contributed by atoms with E-state index in [-0.39, 0.29) is 11.9 Å². The fourth-order valence-corrected chi connectivity index (χ4v) is 1.88. The van der Waals surface area contributed by atoms with Gasteiger partial charge in [0.25, 0.3) is 5.91 Å². The minimum Gasteiger partial charge on any atom is -0.342 e. The summed E-state index contributed by atoms with van der Waals surface area (Å²) in [5, 5.41) is 9.68. The summed E-state index contributed by atoms with van der Waals surface area (Å²) in [6.45, 7) is 4.54. The van der Waals surface area contributed by atoms with E-state index < -0.39 is 0 Å². The van der Waals surface area contributed by atoms with Gasteiger partial charge in [0, 0.05) is 12.7 Å². The molecule has 1 amide bonds. The van der Waals surface area contributed by atoms with Crippen LogP contribution in [0.15, 0.2) is 12.3 Å². The Morgan fingerprint density at radius 3 is 3.00 bits per heavy atom. The smallest absolute Gasteiger partial charge is 0.274 e. The van der Waals surface area contributed by atoms with E-state index >= 15 is 0 Å². The van der Waals surface area contributed by atoms with Gasteiger partial charge < -0.3 is 4.57 Å². The Morgan fingerprint density at radius 1 is 1.61 bits per heavy atom. The molecule has 0 aromatic carbocycles. The lowest BCUT2D eigenvalue weighted by atomic mass is 10.4. The van der Waals surface area contributed by atoms with Gasteiger partial charge in [-0.25, -0.2) is 0 Å². The van der Waals surface area contributed by atoms with Gasteiger partial charge in [-0.2, -0.15) is 4.98 Å². The van der Waals surface area contributed by atoms with Crippen molar-refractivity contribution in [3.05, 3.63) is 28.8 Å². The van der Waals surface area contributed by atoms with Crippen LogP contribution < -0.4 is 5.32 Å². The van der Waals surface area contributed by atoms with E-state index in [0.29, 0.717) is 16.5 Å². The molecule has 0 fully saturated rings. The van der Waals surface area contributed by atoms with Crippen molar-refractivity contribution >= 4 is 23.5 Å². The second-order valence-corrected chi connectivity index (χ2v) is 4.37. The third kappa shape index (κ3) is 2.70. The number of nitrogens with zero attached hydrogens (tertiary/aromatic N) is 3. The maximum atomic E-state index is 12.0. The fraction of sp³-hybridized carbons (Fsp3) is 0.364. The Bertz CT molecular complexity index is 560. The van der Waals surface area contributed by atoms with Crippen molar-refractivity contribution in [2.24, 2.45) is 0 Å². The second-order valence-electron chi connectivity index (χ2n) is 3.94. The first-order chi connectivity index (χ1) is 8.60. The number of rotatable bonds is 4. The number of carbonyl (C=O) groups excluding carboxylic acids is 1. The Morgan fingerprint density at radius 2 is 2.39 bits per heavy atom. The van der Waals surface area contributed by atoms with Crippen LogP contribution in [0.4, 0.5) is 5.95 Å². The highest BCUT2D eigenvalue weighted by atomic mass is 35.5. The average Bonchev–Trinajstić information content (AvgIpc) is 2.86. The van der Waals surface area contributed by atoms with Crippen molar-refractivity contribution in [2.45, 2.75) is 26.8 Å². The molecule has 0 radical (unpaired) electrons. The first-order valence-corrected chi connectivity index (χ1v) is 6.04. The SMILES string of the molecule is CCCn1cc(Cl)cc1C(=O)Nc1n[nH]c(C)n1. The van der Waals surface area contributed by atoms with Crippen molar-refractivity contribution in [1.29, 1.82) is 0 Å². The van der Waals surface area contributed by atoms with E-state index in [1.165, 1.54) is 0 Å². The highest BCUT2D eigenvalue weighted by Gasteiger charge is 2.14. The van der Waals surface area contributed by atoms with Gasteiger partial charge in [-0.3, -0.25) is 15.2 Å². The van der Waals surface area contributed by atoms with Gasteiger partial charge in [0.2, 0.25) is 5.95 Å². The molecule has 0 aliphatic heterocycles. The summed E-state index contributed by atoms with van der Waals surface area (Å²) in [5.41, 5.74) is 0.504. The number of amides is 1. The molecule has 0 atom stereocenters. The number of nitrogens with one attached hydrogen (secondary N) is 2. The van der Waals surface area contributed by atoms with Gasteiger partial charge in [0.15, 0.2) is 0 Å². The highest BCUT2D eigenvalue weighted by Crippen LogP contribution is 2.15. The van der Waals surface area contributed by atoms with E-state index in [1.54, 1.807) is 19.2 Å². The topological polar surface area (TPSA) is 75.6 Å². The number of H-pyrrole nitrogens is 1. The van der Waals surface area contributed by atoms with Crippen molar-refractivity contribution in [3.63, 3.8) is 0 Å². The minimum atomic E-state index is -0.269. The summed E-state index contributed by atoms with van der Waals surface area (Å²) in [4.78, 5) is 16.1. The quantitative estimate of drug-likeness (QED) is 0.892. The predicted octanol–water partition coefficient (Wildman–Crippen LogP) is 2.23. The molecule has 2 N–H and O–H groups in total. The van der Waals surface area contributed by atoms with Crippen molar-refractivity contribution in [3.8, 4) is 0 Å². The molecular weight excluding hydrogens is 254 g/mol. The van der Waals surface area contributed by atoms with Gasteiger partial charge in [-0.15, -0.1) is 5.10 Å². The molecule has 7 heteroatoms. The fourth-order valence-electron chi connectivity index (χ4n) is 1.66. The summed E-state index contributed by atoms with van der Waals surface area (Å²) in [6, 6.07) is 1.63. The summed E-state index contributed by atoms with van der Waals surface area (Å²) < 4.78 is 1.82. The molecule has 6 nitrogen and oxygen atoms in total. The van der Waals surface area contributed by atoms with Crippen LogP contribution in [0.1, 0.15) is 29.7 Å². The Kier molecular flexibility index (Phi) is 3.66. The van der Waals surface area contributed by atoms with Gasteiger partial charge in [0.05, 0.1) is 5.02 Å². The molecule has 0 spiro atoms. The van der Waals surface area contributed by atoms with Gasteiger partial charge in [-0.05, 0) is 19.4 Å². The average molecular weight is 268 g/mol. The monoisotopic (exact) mass is 267 g/mol. The lowest BCUT2D eigenvalue weighted by molar-refractivity contribution is 0.101. The lowest BCUT2D eigenvalue weighted by Crippen LogP contribution is -2.17. The molecular formula is C11H14ClN5O. The van der Waals surface area contributed by atoms with Crippen LogP contribution >= 0.6 is 11.6 Å². The number of aromatic nitrogens is 4. The summed E-state index contributed by atoms with van der Waals surface area (Å²) in [7, 11) is 0. The molecule has 0 bridgehead atoms. The number of anilines is 1. The minimum absolute atomic E-state index is 0.262. The Balaban J connectivity index is 2.17. The zero-order valence-corrected chi connectivity index (χ0v) is 11.0. The maximum absolute atomic E-state index is 12.0. The Hall–Kier alpha value is -1.82. The van der Waals surface area contributed by atoms with Crippen LogP contribution in [0, 0.1) is 6.92 Å². The van der Waals surface area contributed by atoms with Crippen LogP contribution in [0.2, 0.25) is 5.02 Å². The third-order valence-electron chi connectivity index (χ3n) is 2.38. The lowest BCUT2D eigenvalue weighted by Gasteiger charge is -2.06. The first kappa shape index (κ1) is 12.6. The van der Waals surface area contributed by atoms with Gasteiger partial charge >= 0.3 is 0 Å². The number of aromatic amines is 1. The summed E-state index contributed by atoms with van der Waals surface area (Å²) in [5.74, 6) is 0.638. The molecule has 96 valence electrons. The molecule has 18 heavy (non-hydrogen) atoms. The number of hydrogen-bond acceptors (Lipinski definition) is 3. The highest BCUT2D eigenvalue weighted by molar-refractivity contribution is 6.31. The summed E-state index contributed by atoms with van der Waals surface area (Å²) in [6.07, 6.45) is 2.66. The van der Waals surface area contributed by atoms with E-state index in [9.17, 15) is 4.79 Å². The Labute approximate surface area is 109 Å². The van der Waals surface area contributed by atoms with Gasteiger partial charge in [-0.1, -0.05) is 18.5 Å². The molecule has 2 heterocycles. The van der Waals surface area contributed by atoms with Crippen LogP contribution in [0.5, 0.6) is 0 Å². The van der Waals surface area contributed by atoms with E-state index in [0.717, 1.165) is 13.0 Å². The molecule has 2 rings (SSSR count). The number of halogens is 1. The largest absolute Gasteiger partial charge is 0.342 e. The zero-order valence-electron chi connectivity index (χ0n) is 10.2. The number of aryl methyl sites for hydroxylation is 2. The number of carbonyl (C=O) groups is 1. The molecule has 2 aromatic heterocycles. The summed E-state index contributed by atoms with van der Waals surface area (Å²) >= 11 is 5.91. The van der Waals surface area contributed by atoms with E-state index in [2.05, 4.69) is 20.5 Å². The molecule has 2 aromatic rings. The van der Waals surface area contributed by atoms with Crippen LogP contribution in [-0.2, 0) is 6.54 Å². The molecule has 0 aliphatic carbocycles. The number of hydrogen-bond donors (Lipinski definition) is 2. The first-order valence-electron chi connectivity index (χ1n) is 5.66. The second kappa shape index (κ2) is 5.22. The molecule has 0 saturated carbocycles. The predicted molar refractivity (Wildman–Crippen MR) is 68.8 cm³/mol. The van der Waals surface area contributed by atoms with Crippen molar-refractivity contribution in [2.75, 3.05) is 5.32 Å². The third-order valence-corrected chi connectivity index (χ3v) is 2.59. The maximum Gasteiger partial charge on any atom is 0.274 e.